The molecule has 0 aromatic carbocycles. The summed E-state index contributed by atoms with van der Waals surface area (Å²) in [6.07, 6.45) is -7.58. The molecule has 1 aliphatic rings. The lowest BCUT2D eigenvalue weighted by atomic mass is 10.1. The summed E-state index contributed by atoms with van der Waals surface area (Å²) in [5.74, 6) is 0. The van der Waals surface area contributed by atoms with Crippen molar-refractivity contribution >= 4 is 22.6 Å². The quantitative estimate of drug-likeness (QED) is 0.238. The molecule has 1 fully saturated rings. The number of ether oxygens (including phenoxy) is 1. The first kappa shape index (κ1) is 17.8. The SMILES string of the molecule is [N-]=[N+]=N[C@]1(CI)O[C@H](n2cc(C(F)(F)F)c(=O)[nH]c2=O)C[C@@H]1O. The van der Waals surface area contributed by atoms with Gasteiger partial charge in [0.2, 0.25) is 0 Å². The number of aromatic nitrogens is 2. The highest BCUT2D eigenvalue weighted by Crippen LogP contribution is 2.39. The summed E-state index contributed by atoms with van der Waals surface area (Å²) < 4.78 is 44.1. The number of azide groups is 1. The van der Waals surface area contributed by atoms with Crippen LogP contribution in [0.1, 0.15) is 18.2 Å². The predicted molar refractivity (Wildman–Crippen MR) is 77.8 cm³/mol. The Labute approximate surface area is 138 Å². The van der Waals surface area contributed by atoms with Crippen molar-refractivity contribution < 1.29 is 23.0 Å². The van der Waals surface area contributed by atoms with Gasteiger partial charge in [0.05, 0.1) is 6.10 Å². The molecule has 2 rings (SSSR count). The minimum atomic E-state index is -4.97. The highest BCUT2D eigenvalue weighted by atomic mass is 127. The van der Waals surface area contributed by atoms with Crippen LogP contribution in [-0.4, -0.2) is 30.9 Å². The average molecular weight is 447 g/mol. The summed E-state index contributed by atoms with van der Waals surface area (Å²) >= 11 is 1.77. The highest BCUT2D eigenvalue weighted by molar-refractivity contribution is 14.1. The van der Waals surface area contributed by atoms with Crippen molar-refractivity contribution in [2.24, 2.45) is 5.11 Å². The van der Waals surface area contributed by atoms with Gasteiger partial charge in [0.25, 0.3) is 5.56 Å². The number of rotatable bonds is 3. The van der Waals surface area contributed by atoms with Gasteiger partial charge >= 0.3 is 11.9 Å². The molecule has 0 amide bonds. The molecule has 0 saturated carbocycles. The summed E-state index contributed by atoms with van der Waals surface area (Å²) in [6.45, 7) is 0. The minimum Gasteiger partial charge on any atom is -0.390 e. The summed E-state index contributed by atoms with van der Waals surface area (Å²) in [5.41, 5.74) is 2.55. The second kappa shape index (κ2) is 6.14. The molecule has 2 N–H and O–H groups in total. The number of halogens is 4. The van der Waals surface area contributed by atoms with Crippen molar-refractivity contribution in [1.29, 1.82) is 0 Å². The van der Waals surface area contributed by atoms with Gasteiger partial charge in [-0.15, -0.1) is 0 Å². The number of hydrogen-bond acceptors (Lipinski definition) is 5. The lowest BCUT2D eigenvalue weighted by Crippen LogP contribution is -2.39. The van der Waals surface area contributed by atoms with Gasteiger partial charge in [-0.05, 0) is 5.53 Å². The Morgan fingerprint density at radius 1 is 1.61 bits per heavy atom. The third kappa shape index (κ3) is 3.22. The van der Waals surface area contributed by atoms with Gasteiger partial charge in [-0.2, -0.15) is 13.2 Å². The summed E-state index contributed by atoms with van der Waals surface area (Å²) in [4.78, 5) is 27.1. The third-order valence-electron chi connectivity index (χ3n) is 3.27. The first-order valence-corrected chi connectivity index (χ1v) is 7.58. The van der Waals surface area contributed by atoms with E-state index in [0.29, 0.717) is 10.8 Å². The Hall–Kier alpha value is -1.57. The fraction of sp³-hybridized carbons (Fsp3) is 0.600. The Balaban J connectivity index is 2.50. The van der Waals surface area contributed by atoms with Gasteiger partial charge in [-0.1, -0.05) is 27.7 Å². The molecule has 9 nitrogen and oxygen atoms in total. The van der Waals surface area contributed by atoms with Crippen LogP contribution in [-0.2, 0) is 10.9 Å². The molecular weight excluding hydrogens is 438 g/mol. The molecule has 1 aromatic heterocycles. The molecule has 0 bridgehead atoms. The van der Waals surface area contributed by atoms with Gasteiger partial charge in [0.1, 0.15) is 11.8 Å². The number of nitrogens with zero attached hydrogens (tertiary/aromatic N) is 4. The zero-order chi connectivity index (χ0) is 17.4. The molecule has 126 valence electrons. The van der Waals surface area contributed by atoms with Crippen molar-refractivity contribution in [3.63, 3.8) is 0 Å². The fourth-order valence-corrected chi connectivity index (χ4v) is 2.96. The Morgan fingerprint density at radius 2 is 2.26 bits per heavy atom. The van der Waals surface area contributed by atoms with E-state index in [9.17, 15) is 27.9 Å². The summed E-state index contributed by atoms with van der Waals surface area (Å²) in [6, 6.07) is 0. The first-order chi connectivity index (χ1) is 10.6. The largest absolute Gasteiger partial charge is 0.423 e. The molecule has 0 unspecified atom stereocenters. The lowest BCUT2D eigenvalue weighted by Gasteiger charge is -2.24. The van der Waals surface area contributed by atoms with Crippen molar-refractivity contribution in [2.75, 3.05) is 4.43 Å². The van der Waals surface area contributed by atoms with Gasteiger partial charge in [0.15, 0.2) is 5.72 Å². The van der Waals surface area contributed by atoms with Crippen LogP contribution in [0.25, 0.3) is 10.4 Å². The molecule has 13 heteroatoms. The van der Waals surface area contributed by atoms with Crippen LogP contribution in [0.4, 0.5) is 13.2 Å². The zero-order valence-electron chi connectivity index (χ0n) is 11.1. The molecule has 1 aliphatic heterocycles. The van der Waals surface area contributed by atoms with E-state index in [1.54, 1.807) is 27.6 Å². The van der Waals surface area contributed by atoms with Gasteiger partial charge in [-0.25, -0.2) is 4.79 Å². The number of aliphatic hydroxyl groups is 1. The van der Waals surface area contributed by atoms with E-state index >= 15 is 0 Å². The third-order valence-corrected chi connectivity index (χ3v) is 4.37. The lowest BCUT2D eigenvalue weighted by molar-refractivity contribution is -0.139. The average Bonchev–Trinajstić information content (AvgIpc) is 2.75. The van der Waals surface area contributed by atoms with Crippen molar-refractivity contribution in [1.82, 2.24) is 9.55 Å². The monoisotopic (exact) mass is 447 g/mol. The summed E-state index contributed by atoms with van der Waals surface area (Å²) in [7, 11) is 0. The van der Waals surface area contributed by atoms with Gasteiger partial charge in [0, 0.05) is 22.0 Å². The van der Waals surface area contributed by atoms with Gasteiger partial charge < -0.3 is 9.84 Å². The Kier molecular flexibility index (Phi) is 4.75. The maximum Gasteiger partial charge on any atom is 0.423 e. The predicted octanol–water partition coefficient (Wildman–Crippen LogP) is 1.28. The molecule has 3 atom stereocenters. The van der Waals surface area contributed by atoms with E-state index in [1.807, 2.05) is 0 Å². The molecule has 23 heavy (non-hydrogen) atoms. The normalized spacial score (nSPS) is 27.7. The number of nitrogens with one attached hydrogen (secondary N) is 1. The maximum absolute atomic E-state index is 12.8. The number of alkyl halides is 4. The van der Waals surface area contributed by atoms with Crippen molar-refractivity contribution in [3.05, 3.63) is 43.0 Å². The van der Waals surface area contributed by atoms with Crippen LogP contribution in [0.15, 0.2) is 20.9 Å². The van der Waals surface area contributed by atoms with E-state index in [2.05, 4.69) is 10.0 Å². The van der Waals surface area contributed by atoms with E-state index < -0.39 is 41.0 Å². The maximum atomic E-state index is 12.8. The van der Waals surface area contributed by atoms with E-state index in [0.717, 1.165) is 0 Å². The molecular formula is C10H9F3IN5O4. The highest BCUT2D eigenvalue weighted by Gasteiger charge is 2.48. The minimum absolute atomic E-state index is 0.0106. The van der Waals surface area contributed by atoms with Crippen LogP contribution in [0.2, 0.25) is 0 Å². The second-order valence-electron chi connectivity index (χ2n) is 4.70. The Bertz CT molecular complexity index is 771. The fourth-order valence-electron chi connectivity index (χ4n) is 2.12. The number of aromatic amines is 1. The van der Waals surface area contributed by atoms with Crippen LogP contribution < -0.4 is 11.2 Å². The molecule has 1 aromatic rings. The van der Waals surface area contributed by atoms with Crippen LogP contribution in [0.3, 0.4) is 0 Å². The molecule has 2 heterocycles. The Morgan fingerprint density at radius 3 is 2.78 bits per heavy atom. The van der Waals surface area contributed by atoms with Crippen LogP contribution in [0.5, 0.6) is 0 Å². The van der Waals surface area contributed by atoms with E-state index in [1.165, 1.54) is 0 Å². The molecule has 0 spiro atoms. The standard InChI is InChI=1S/C10H9F3IN5O4/c11-10(12,13)4-2-19(8(22)16-7(4)21)6-1-5(20)9(3-14,23-6)17-18-15/h2,5-6,20H,1,3H2,(H,16,21,22)/t5-,6-,9+/m0/s1. The molecule has 0 radical (unpaired) electrons. The van der Waals surface area contributed by atoms with Gasteiger partial charge in [-0.3, -0.25) is 14.3 Å². The van der Waals surface area contributed by atoms with Crippen LogP contribution >= 0.6 is 22.6 Å². The zero-order valence-corrected chi connectivity index (χ0v) is 13.3. The number of hydrogen-bond donors (Lipinski definition) is 2. The number of aliphatic hydroxyl groups excluding tert-OH is 1. The van der Waals surface area contributed by atoms with E-state index in [4.69, 9.17) is 10.3 Å². The van der Waals surface area contributed by atoms with Crippen molar-refractivity contribution in [3.8, 4) is 0 Å². The molecule has 0 aliphatic carbocycles. The molecule has 1 saturated heterocycles. The topological polar surface area (TPSA) is 133 Å². The smallest absolute Gasteiger partial charge is 0.390 e. The summed E-state index contributed by atoms with van der Waals surface area (Å²) in [5, 5.41) is 13.3. The number of H-pyrrole nitrogens is 1. The van der Waals surface area contributed by atoms with E-state index in [-0.39, 0.29) is 10.8 Å². The van der Waals surface area contributed by atoms with Crippen molar-refractivity contribution in [2.45, 2.75) is 30.7 Å². The van der Waals surface area contributed by atoms with Crippen LogP contribution in [0, 0.1) is 0 Å². The second-order valence-corrected chi connectivity index (χ2v) is 5.46. The first-order valence-electron chi connectivity index (χ1n) is 6.05.